The van der Waals surface area contributed by atoms with E-state index in [1.165, 1.54) is 0 Å². The Balaban J connectivity index is 1.32. The molecule has 10 heteroatoms. The van der Waals surface area contributed by atoms with E-state index < -0.39 is 23.2 Å². The van der Waals surface area contributed by atoms with Crippen molar-refractivity contribution in [1.29, 1.82) is 0 Å². The molecule has 10 nitrogen and oxygen atoms in total. The molecule has 1 aromatic heterocycles. The molecule has 3 amide bonds. The summed E-state index contributed by atoms with van der Waals surface area (Å²) in [6.45, 7) is 13.5. The third-order valence-electron chi connectivity index (χ3n) is 7.24. The minimum atomic E-state index is -0.680. The Morgan fingerprint density at radius 3 is 2.07 bits per heavy atom. The molecule has 0 bridgehead atoms. The summed E-state index contributed by atoms with van der Waals surface area (Å²) in [5.41, 5.74) is 2.70. The molecule has 0 saturated carbocycles. The lowest BCUT2D eigenvalue weighted by Crippen LogP contribution is -2.50. The van der Waals surface area contributed by atoms with Crippen molar-refractivity contribution in [2.24, 2.45) is 0 Å². The Kier molecular flexibility index (Phi) is 9.18. The predicted octanol–water partition coefficient (Wildman–Crippen LogP) is 7.56. The molecule has 1 aliphatic heterocycles. The van der Waals surface area contributed by atoms with Gasteiger partial charge in [-0.1, -0.05) is 42.5 Å². The summed E-state index contributed by atoms with van der Waals surface area (Å²) < 4.78 is 10.9. The van der Waals surface area contributed by atoms with Crippen LogP contribution in [0.5, 0.6) is 0 Å². The van der Waals surface area contributed by atoms with Crippen LogP contribution in [0, 0.1) is 0 Å². The van der Waals surface area contributed by atoms with E-state index in [-0.39, 0.29) is 11.8 Å². The van der Waals surface area contributed by atoms with Gasteiger partial charge in [0.1, 0.15) is 16.9 Å². The topological polar surface area (TPSA) is 113 Å². The zero-order valence-electron chi connectivity index (χ0n) is 27.2. The van der Waals surface area contributed by atoms with Crippen LogP contribution >= 0.6 is 0 Å². The molecule has 0 aliphatic carbocycles. The number of carbonyl (C=O) groups excluding carboxylic acids is 3. The highest BCUT2D eigenvalue weighted by Crippen LogP contribution is 2.31. The normalized spacial score (nSPS) is 13.7. The molecule has 46 heavy (non-hydrogen) atoms. The number of hydrogen-bond donors (Lipinski definition) is 2. The molecule has 0 atom stereocenters. The third kappa shape index (κ3) is 8.32. The van der Waals surface area contributed by atoms with E-state index in [0.29, 0.717) is 37.6 Å². The van der Waals surface area contributed by atoms with Gasteiger partial charge in [-0.3, -0.25) is 15.1 Å². The molecule has 0 spiro atoms. The van der Waals surface area contributed by atoms with Gasteiger partial charge < -0.3 is 24.6 Å². The Hall–Kier alpha value is -5.12. The first kappa shape index (κ1) is 32.3. The molecule has 4 aromatic rings. The first-order chi connectivity index (χ1) is 21.7. The average molecular weight is 624 g/mol. The molecule has 3 aromatic carbocycles. The fourth-order valence-electron chi connectivity index (χ4n) is 5.09. The number of ether oxygens (including phenoxy) is 2. The minimum Gasteiger partial charge on any atom is -0.444 e. The largest absolute Gasteiger partial charge is 0.444 e. The highest BCUT2D eigenvalue weighted by molar-refractivity contribution is 6.07. The Morgan fingerprint density at radius 2 is 1.39 bits per heavy atom. The molecule has 5 rings (SSSR count). The second kappa shape index (κ2) is 13.1. The second-order valence-electron chi connectivity index (χ2n) is 13.3. The van der Waals surface area contributed by atoms with E-state index >= 15 is 0 Å². The molecular formula is C36H41N5O5. The van der Waals surface area contributed by atoms with Crippen molar-refractivity contribution in [1.82, 2.24) is 9.88 Å². The number of nitrogens with zero attached hydrogens (tertiary/aromatic N) is 3. The van der Waals surface area contributed by atoms with Crippen molar-refractivity contribution in [3.63, 3.8) is 0 Å². The van der Waals surface area contributed by atoms with Crippen molar-refractivity contribution < 1.29 is 23.9 Å². The van der Waals surface area contributed by atoms with Gasteiger partial charge in [-0.15, -0.1) is 0 Å². The highest BCUT2D eigenvalue weighted by Gasteiger charge is 2.26. The number of nitrogens with one attached hydrogen (secondary N) is 2. The number of aromatic nitrogens is 1. The maximum Gasteiger partial charge on any atom is 0.412 e. The number of anilines is 3. The van der Waals surface area contributed by atoms with E-state index in [9.17, 15) is 14.4 Å². The third-order valence-corrected chi connectivity index (χ3v) is 7.24. The van der Waals surface area contributed by atoms with Crippen LogP contribution in [0.1, 0.15) is 52.0 Å². The molecule has 2 heterocycles. The molecule has 0 unspecified atom stereocenters. The van der Waals surface area contributed by atoms with Crippen LogP contribution in [0.2, 0.25) is 0 Å². The molecular weight excluding hydrogens is 582 g/mol. The van der Waals surface area contributed by atoms with Crippen LogP contribution in [-0.4, -0.2) is 65.4 Å². The molecule has 1 fully saturated rings. The Morgan fingerprint density at radius 1 is 0.696 bits per heavy atom. The van der Waals surface area contributed by atoms with Gasteiger partial charge >= 0.3 is 12.2 Å². The lowest BCUT2D eigenvalue weighted by atomic mass is 10.0. The van der Waals surface area contributed by atoms with Crippen LogP contribution in [0.15, 0.2) is 79.0 Å². The number of pyridine rings is 1. The van der Waals surface area contributed by atoms with Crippen molar-refractivity contribution >= 4 is 45.9 Å². The summed E-state index contributed by atoms with van der Waals surface area (Å²) in [5, 5.41) is 7.45. The monoisotopic (exact) mass is 623 g/mol. The zero-order valence-corrected chi connectivity index (χ0v) is 27.2. The standard InChI is InChI=1S/C36H41N5O5/c1-35(2,3)45-33(43)39-29-15-13-25(24-10-8-7-9-11-24)21-30(29)38-32(42)31-22-26-12-14-28(20-27(26)23-37-31)40-16-18-41(19-17-40)34(44)46-36(4,5)6/h7-15,20-23H,16-19H2,1-6H3,(H,38,42)(H,39,43). The molecule has 1 aliphatic rings. The number of fused-ring (bicyclic) bond motifs is 1. The summed E-state index contributed by atoms with van der Waals surface area (Å²) in [6, 6.07) is 23.0. The van der Waals surface area contributed by atoms with Gasteiger partial charge in [0.05, 0.1) is 11.4 Å². The average Bonchev–Trinajstić information content (AvgIpc) is 3.00. The van der Waals surface area contributed by atoms with Crippen LogP contribution in [0.4, 0.5) is 26.7 Å². The SMILES string of the molecule is CC(C)(C)OC(=O)Nc1ccc(-c2ccccc2)cc1NC(=O)c1cc2ccc(N3CCN(C(=O)OC(C)(C)C)CC3)cc2cn1. The van der Waals surface area contributed by atoms with Crippen LogP contribution in [0.25, 0.3) is 21.9 Å². The number of hydrogen-bond acceptors (Lipinski definition) is 7. The lowest BCUT2D eigenvalue weighted by molar-refractivity contribution is 0.0240. The van der Waals surface area contributed by atoms with Gasteiger partial charge in [-0.25, -0.2) is 9.59 Å². The number of piperazine rings is 1. The van der Waals surface area contributed by atoms with E-state index in [1.54, 1.807) is 44.0 Å². The second-order valence-corrected chi connectivity index (χ2v) is 13.3. The zero-order chi connectivity index (χ0) is 33.1. The number of amides is 3. The number of rotatable bonds is 5. The van der Waals surface area contributed by atoms with Crippen LogP contribution in [0.3, 0.4) is 0 Å². The maximum atomic E-state index is 13.5. The number of carbonyl (C=O) groups is 3. The first-order valence-corrected chi connectivity index (χ1v) is 15.4. The number of benzene rings is 3. The summed E-state index contributed by atoms with van der Waals surface area (Å²) in [5.74, 6) is -0.415. The van der Waals surface area contributed by atoms with Gasteiger partial charge in [0.15, 0.2) is 0 Å². The molecule has 0 radical (unpaired) electrons. The van der Waals surface area contributed by atoms with Crippen molar-refractivity contribution in [3.05, 3.63) is 84.7 Å². The van der Waals surface area contributed by atoms with Crippen molar-refractivity contribution in [2.45, 2.75) is 52.7 Å². The van der Waals surface area contributed by atoms with Crippen molar-refractivity contribution in [2.75, 3.05) is 41.7 Å². The fraction of sp³-hybridized carbons (Fsp3) is 0.333. The maximum absolute atomic E-state index is 13.5. The quantitative estimate of drug-likeness (QED) is 0.236. The van der Waals surface area contributed by atoms with Crippen LogP contribution in [-0.2, 0) is 9.47 Å². The van der Waals surface area contributed by atoms with Gasteiger partial charge in [0, 0.05) is 43.4 Å². The van der Waals surface area contributed by atoms with Gasteiger partial charge in [0.25, 0.3) is 5.91 Å². The van der Waals surface area contributed by atoms with E-state index in [0.717, 1.165) is 27.6 Å². The smallest absolute Gasteiger partial charge is 0.412 e. The summed E-state index contributed by atoms with van der Waals surface area (Å²) in [7, 11) is 0. The Labute approximate surface area is 269 Å². The molecule has 1 saturated heterocycles. The predicted molar refractivity (Wildman–Crippen MR) is 181 cm³/mol. The molecule has 240 valence electrons. The van der Waals surface area contributed by atoms with Gasteiger partial charge in [-0.05, 0) is 88.4 Å². The summed E-state index contributed by atoms with van der Waals surface area (Å²) in [6.07, 6.45) is 0.770. The van der Waals surface area contributed by atoms with Gasteiger partial charge in [0.2, 0.25) is 0 Å². The Bertz CT molecular complexity index is 1740. The molecule has 2 N–H and O–H groups in total. The summed E-state index contributed by atoms with van der Waals surface area (Å²) in [4.78, 5) is 47.0. The lowest BCUT2D eigenvalue weighted by Gasteiger charge is -2.36. The first-order valence-electron chi connectivity index (χ1n) is 15.4. The highest BCUT2D eigenvalue weighted by atomic mass is 16.6. The fourth-order valence-corrected chi connectivity index (χ4v) is 5.09. The summed E-state index contributed by atoms with van der Waals surface area (Å²) >= 11 is 0. The van der Waals surface area contributed by atoms with E-state index in [2.05, 4.69) is 20.5 Å². The minimum absolute atomic E-state index is 0.236. The van der Waals surface area contributed by atoms with Crippen molar-refractivity contribution in [3.8, 4) is 11.1 Å². The van der Waals surface area contributed by atoms with E-state index in [4.69, 9.17) is 9.47 Å². The van der Waals surface area contributed by atoms with Gasteiger partial charge in [-0.2, -0.15) is 0 Å². The van der Waals surface area contributed by atoms with E-state index in [1.807, 2.05) is 81.4 Å². The van der Waals surface area contributed by atoms with Crippen LogP contribution < -0.4 is 15.5 Å².